The van der Waals surface area contributed by atoms with Crippen molar-refractivity contribution in [3.63, 3.8) is 0 Å². The molecular formula is C21H21N3O4. The molecule has 0 aliphatic carbocycles. The van der Waals surface area contributed by atoms with Crippen molar-refractivity contribution in [2.75, 3.05) is 11.4 Å². The van der Waals surface area contributed by atoms with E-state index in [0.29, 0.717) is 11.3 Å². The molecular weight excluding hydrogens is 358 g/mol. The number of non-ortho nitro benzene ring substituents is 1. The molecule has 1 amide bonds. The van der Waals surface area contributed by atoms with Gasteiger partial charge in [-0.2, -0.15) is 0 Å². The van der Waals surface area contributed by atoms with Crippen LogP contribution in [0.3, 0.4) is 0 Å². The van der Waals surface area contributed by atoms with Crippen LogP contribution in [0.5, 0.6) is 5.75 Å². The number of anilines is 1. The zero-order valence-corrected chi connectivity index (χ0v) is 15.9. The standard InChI is InChI=1S/C21H21N3O4/c1-13-4-6-17-16(10-13)20(2,3)21(23(17)12-19(22)25)9-8-14-11-15(24(26)27)5-7-18(14)28-21/h4-11H,12H2,1-3H3,(H2,22,25). The Labute approximate surface area is 162 Å². The third-order valence-corrected chi connectivity index (χ3v) is 5.69. The molecule has 2 N–H and O–H groups in total. The summed E-state index contributed by atoms with van der Waals surface area (Å²) < 4.78 is 6.48. The molecule has 2 aliphatic rings. The predicted octanol–water partition coefficient (Wildman–Crippen LogP) is 3.29. The van der Waals surface area contributed by atoms with Gasteiger partial charge in [-0.15, -0.1) is 0 Å². The Balaban J connectivity index is 1.89. The molecule has 2 aliphatic heterocycles. The van der Waals surface area contributed by atoms with Crippen molar-refractivity contribution in [3.05, 3.63) is 69.3 Å². The number of nitro benzene ring substituents is 1. The van der Waals surface area contributed by atoms with Gasteiger partial charge in [-0.25, -0.2) is 0 Å². The maximum Gasteiger partial charge on any atom is 0.270 e. The van der Waals surface area contributed by atoms with Gasteiger partial charge in [-0.05, 0) is 50.6 Å². The van der Waals surface area contributed by atoms with Crippen molar-refractivity contribution in [2.45, 2.75) is 31.9 Å². The fourth-order valence-corrected chi connectivity index (χ4v) is 4.21. The van der Waals surface area contributed by atoms with E-state index >= 15 is 0 Å². The summed E-state index contributed by atoms with van der Waals surface area (Å²) in [5.74, 6) is 0.0651. The topological polar surface area (TPSA) is 98.7 Å². The molecule has 0 aromatic heterocycles. The highest BCUT2D eigenvalue weighted by molar-refractivity contribution is 5.83. The minimum absolute atomic E-state index is 0.00142. The lowest BCUT2D eigenvalue weighted by Gasteiger charge is -2.46. The zero-order chi connectivity index (χ0) is 20.3. The number of primary amides is 1. The molecule has 1 atom stereocenters. The van der Waals surface area contributed by atoms with Crippen LogP contribution in [0.2, 0.25) is 0 Å². The van der Waals surface area contributed by atoms with Gasteiger partial charge in [-0.1, -0.05) is 17.7 Å². The van der Waals surface area contributed by atoms with E-state index in [1.54, 1.807) is 6.07 Å². The molecule has 0 saturated heterocycles. The van der Waals surface area contributed by atoms with Crippen molar-refractivity contribution in [1.29, 1.82) is 0 Å². The molecule has 1 spiro atoms. The second-order valence-corrected chi connectivity index (χ2v) is 7.81. The fraction of sp³-hybridized carbons (Fsp3) is 0.286. The maximum atomic E-state index is 11.9. The number of nitro groups is 1. The lowest BCUT2D eigenvalue weighted by molar-refractivity contribution is -0.384. The first kappa shape index (κ1) is 18.0. The average Bonchev–Trinajstić information content (AvgIpc) is 2.79. The van der Waals surface area contributed by atoms with E-state index < -0.39 is 22.0 Å². The summed E-state index contributed by atoms with van der Waals surface area (Å²) in [7, 11) is 0. The Kier molecular flexibility index (Phi) is 3.75. The summed E-state index contributed by atoms with van der Waals surface area (Å²) in [4.78, 5) is 24.4. The van der Waals surface area contributed by atoms with Gasteiger partial charge < -0.3 is 15.4 Å². The van der Waals surface area contributed by atoms with E-state index in [4.69, 9.17) is 10.5 Å². The number of nitrogens with two attached hydrogens (primary N) is 1. The number of nitrogens with zero attached hydrogens (tertiary/aromatic N) is 2. The molecule has 4 rings (SSSR count). The van der Waals surface area contributed by atoms with Crippen LogP contribution >= 0.6 is 0 Å². The minimum atomic E-state index is -0.971. The van der Waals surface area contributed by atoms with Crippen molar-refractivity contribution < 1.29 is 14.5 Å². The monoisotopic (exact) mass is 379 g/mol. The van der Waals surface area contributed by atoms with E-state index in [9.17, 15) is 14.9 Å². The number of fused-ring (bicyclic) bond motifs is 2. The van der Waals surface area contributed by atoms with Crippen LogP contribution in [0, 0.1) is 17.0 Å². The van der Waals surface area contributed by atoms with Gasteiger partial charge >= 0.3 is 0 Å². The summed E-state index contributed by atoms with van der Waals surface area (Å²) in [6.07, 6.45) is 3.69. The summed E-state index contributed by atoms with van der Waals surface area (Å²) in [5, 5.41) is 11.1. The third kappa shape index (κ3) is 2.39. The normalized spacial score (nSPS) is 21.2. The Morgan fingerprint density at radius 2 is 2.00 bits per heavy atom. The Hall–Kier alpha value is -3.35. The Morgan fingerprint density at radius 3 is 2.68 bits per heavy atom. The van der Waals surface area contributed by atoms with E-state index in [1.807, 2.05) is 36.1 Å². The average molecular weight is 379 g/mol. The number of hydrogen-bond acceptors (Lipinski definition) is 5. The van der Waals surface area contributed by atoms with Crippen molar-refractivity contribution >= 4 is 23.4 Å². The largest absolute Gasteiger partial charge is 0.463 e. The predicted molar refractivity (Wildman–Crippen MR) is 106 cm³/mol. The van der Waals surface area contributed by atoms with Gasteiger partial charge in [0.05, 0.1) is 10.3 Å². The lowest BCUT2D eigenvalue weighted by Crippen LogP contribution is -2.61. The number of ether oxygens (including phenoxy) is 1. The number of benzene rings is 2. The molecule has 0 saturated carbocycles. The molecule has 2 heterocycles. The molecule has 2 aromatic rings. The number of hydrogen-bond donors (Lipinski definition) is 1. The first-order valence-electron chi connectivity index (χ1n) is 8.99. The van der Waals surface area contributed by atoms with E-state index in [0.717, 1.165) is 16.8 Å². The van der Waals surface area contributed by atoms with E-state index in [2.05, 4.69) is 19.9 Å². The quantitative estimate of drug-likeness (QED) is 0.652. The summed E-state index contributed by atoms with van der Waals surface area (Å²) in [6.45, 7) is 6.14. The third-order valence-electron chi connectivity index (χ3n) is 5.69. The maximum absolute atomic E-state index is 11.9. The van der Waals surface area contributed by atoms with E-state index in [1.165, 1.54) is 12.1 Å². The van der Waals surface area contributed by atoms with Gasteiger partial charge in [0.25, 0.3) is 5.69 Å². The van der Waals surface area contributed by atoms with Crippen LogP contribution in [-0.4, -0.2) is 23.1 Å². The molecule has 0 bridgehead atoms. The second-order valence-electron chi connectivity index (χ2n) is 7.81. The summed E-state index contributed by atoms with van der Waals surface area (Å²) in [5.41, 5.74) is 7.77. The molecule has 7 nitrogen and oxygen atoms in total. The van der Waals surface area contributed by atoms with Gasteiger partial charge in [-0.3, -0.25) is 14.9 Å². The van der Waals surface area contributed by atoms with E-state index in [-0.39, 0.29) is 12.2 Å². The fourth-order valence-electron chi connectivity index (χ4n) is 4.21. The van der Waals surface area contributed by atoms with Crippen LogP contribution < -0.4 is 15.4 Å². The highest BCUT2D eigenvalue weighted by Gasteiger charge is 2.59. The van der Waals surface area contributed by atoms with Crippen molar-refractivity contribution in [3.8, 4) is 5.75 Å². The summed E-state index contributed by atoms with van der Waals surface area (Å²) >= 11 is 0. The van der Waals surface area contributed by atoms with Gasteiger partial charge in [0, 0.05) is 23.4 Å². The molecule has 7 heteroatoms. The smallest absolute Gasteiger partial charge is 0.270 e. The van der Waals surface area contributed by atoms with Crippen LogP contribution in [0.15, 0.2) is 42.5 Å². The molecule has 28 heavy (non-hydrogen) atoms. The molecule has 0 fully saturated rings. The van der Waals surface area contributed by atoms with Crippen LogP contribution in [0.4, 0.5) is 11.4 Å². The molecule has 144 valence electrons. The molecule has 0 radical (unpaired) electrons. The first-order valence-corrected chi connectivity index (χ1v) is 8.99. The summed E-state index contributed by atoms with van der Waals surface area (Å²) in [6, 6.07) is 10.6. The van der Waals surface area contributed by atoms with Crippen LogP contribution in [-0.2, 0) is 10.2 Å². The van der Waals surface area contributed by atoms with Crippen molar-refractivity contribution in [1.82, 2.24) is 0 Å². The number of rotatable bonds is 3. The number of carbonyl (C=O) groups excluding carboxylic acids is 1. The Morgan fingerprint density at radius 1 is 1.25 bits per heavy atom. The highest BCUT2D eigenvalue weighted by Crippen LogP contribution is 2.55. The van der Waals surface area contributed by atoms with Crippen molar-refractivity contribution in [2.24, 2.45) is 5.73 Å². The van der Waals surface area contributed by atoms with Gasteiger partial charge in [0.15, 0.2) is 0 Å². The van der Waals surface area contributed by atoms with Gasteiger partial charge in [0.1, 0.15) is 12.3 Å². The Bertz CT molecular complexity index is 1040. The first-order chi connectivity index (χ1) is 13.2. The number of carbonyl (C=O) groups is 1. The van der Waals surface area contributed by atoms with Crippen LogP contribution in [0.25, 0.3) is 6.08 Å². The second kappa shape index (κ2) is 5.82. The number of aryl methyl sites for hydroxylation is 1. The van der Waals surface area contributed by atoms with Gasteiger partial charge in [0.2, 0.25) is 11.6 Å². The van der Waals surface area contributed by atoms with Crippen LogP contribution in [0.1, 0.15) is 30.5 Å². The zero-order valence-electron chi connectivity index (χ0n) is 15.9. The SMILES string of the molecule is Cc1ccc2c(c1)C(C)(C)C1(C=Cc3cc([N+](=O)[O-])ccc3O1)N2CC(N)=O. The molecule has 1 unspecified atom stereocenters. The molecule has 2 aromatic carbocycles. The number of amides is 1. The lowest BCUT2D eigenvalue weighted by atomic mass is 9.76. The highest BCUT2D eigenvalue weighted by atomic mass is 16.6. The minimum Gasteiger partial charge on any atom is -0.463 e.